The fourth-order valence-corrected chi connectivity index (χ4v) is 8.06. The van der Waals surface area contributed by atoms with Gasteiger partial charge in [-0.3, -0.25) is 0 Å². The highest BCUT2D eigenvalue weighted by molar-refractivity contribution is 6.15. The minimum atomic E-state index is -2.33. The SMILES string of the molecule is [2H]C([2H])([2H])c1nc2ccccc2n1Cc1ccccc1Cc1c2ccccc2c(-c2ccc3c(c2)C(C)(C)c2ccccc2-3)c2ccccc12. The molecule has 0 saturated heterocycles. The molecular weight excluding hydrogens is 569 g/mol. The molecule has 7 aromatic carbocycles. The third-order valence-electron chi connectivity index (χ3n) is 10.4. The summed E-state index contributed by atoms with van der Waals surface area (Å²) >= 11 is 0. The van der Waals surface area contributed by atoms with Crippen molar-refractivity contribution in [1.82, 2.24) is 9.55 Å². The van der Waals surface area contributed by atoms with E-state index in [0.29, 0.717) is 18.5 Å². The largest absolute Gasteiger partial charge is 0.324 e. The average Bonchev–Trinajstić information content (AvgIpc) is 3.61. The van der Waals surface area contributed by atoms with Crippen LogP contribution in [0.4, 0.5) is 0 Å². The lowest BCUT2D eigenvalue weighted by Crippen LogP contribution is -2.14. The lowest BCUT2D eigenvalue weighted by molar-refractivity contribution is 0.660. The van der Waals surface area contributed by atoms with Crippen LogP contribution in [-0.4, -0.2) is 9.55 Å². The van der Waals surface area contributed by atoms with E-state index in [1.807, 2.05) is 34.9 Å². The molecule has 2 heteroatoms. The van der Waals surface area contributed by atoms with E-state index < -0.39 is 6.85 Å². The van der Waals surface area contributed by atoms with Crippen LogP contribution in [0.25, 0.3) is 54.8 Å². The van der Waals surface area contributed by atoms with Crippen molar-refractivity contribution in [2.75, 3.05) is 0 Å². The third-order valence-corrected chi connectivity index (χ3v) is 10.4. The Morgan fingerprint density at radius 3 is 2.00 bits per heavy atom. The molecule has 0 amide bonds. The molecule has 1 aliphatic carbocycles. The Morgan fingerprint density at radius 2 is 1.23 bits per heavy atom. The Labute approximate surface area is 280 Å². The zero-order chi connectivity index (χ0) is 34.2. The van der Waals surface area contributed by atoms with Crippen molar-refractivity contribution >= 4 is 32.6 Å². The van der Waals surface area contributed by atoms with Gasteiger partial charge in [-0.05, 0) is 103 Å². The number of para-hydroxylation sites is 2. The predicted molar refractivity (Wildman–Crippen MR) is 197 cm³/mol. The molecule has 0 radical (unpaired) electrons. The molecule has 47 heavy (non-hydrogen) atoms. The number of rotatable bonds is 5. The van der Waals surface area contributed by atoms with E-state index in [4.69, 9.17) is 4.11 Å². The van der Waals surface area contributed by atoms with Crippen LogP contribution in [0, 0.1) is 6.85 Å². The van der Waals surface area contributed by atoms with Gasteiger partial charge in [0.25, 0.3) is 0 Å². The van der Waals surface area contributed by atoms with E-state index >= 15 is 0 Å². The number of nitrogens with zero attached hydrogens (tertiary/aromatic N) is 2. The Balaban J connectivity index is 1.20. The normalized spacial score (nSPS) is 14.6. The monoisotopic (exact) mass is 607 g/mol. The Bertz CT molecular complexity index is 2570. The summed E-state index contributed by atoms with van der Waals surface area (Å²) in [5, 5.41) is 4.93. The maximum absolute atomic E-state index is 8.26. The van der Waals surface area contributed by atoms with Gasteiger partial charge in [0.15, 0.2) is 0 Å². The van der Waals surface area contributed by atoms with Crippen molar-refractivity contribution in [3.63, 3.8) is 0 Å². The quantitative estimate of drug-likeness (QED) is 0.178. The highest BCUT2D eigenvalue weighted by Gasteiger charge is 2.35. The Hall–Kier alpha value is -5.47. The van der Waals surface area contributed by atoms with Gasteiger partial charge in [0.1, 0.15) is 5.82 Å². The molecule has 0 atom stereocenters. The van der Waals surface area contributed by atoms with Crippen LogP contribution in [0.15, 0.2) is 140 Å². The summed E-state index contributed by atoms with van der Waals surface area (Å²) in [5.41, 5.74) is 12.8. The Morgan fingerprint density at radius 1 is 0.617 bits per heavy atom. The van der Waals surface area contributed by atoms with Crippen molar-refractivity contribution in [3.8, 4) is 22.3 Å². The fourth-order valence-electron chi connectivity index (χ4n) is 8.06. The Kier molecular flexibility index (Phi) is 5.54. The van der Waals surface area contributed by atoms with Gasteiger partial charge in [-0.25, -0.2) is 4.98 Å². The number of aromatic nitrogens is 2. The lowest BCUT2D eigenvalue weighted by atomic mass is 9.80. The van der Waals surface area contributed by atoms with Gasteiger partial charge >= 0.3 is 0 Å². The molecule has 0 fully saturated rings. The molecule has 1 aliphatic rings. The first-order valence-electron chi connectivity index (χ1n) is 17.9. The molecule has 2 nitrogen and oxygen atoms in total. The number of aryl methyl sites for hydroxylation is 1. The number of fused-ring (bicyclic) bond motifs is 6. The molecule has 0 N–H and O–H groups in total. The van der Waals surface area contributed by atoms with Crippen molar-refractivity contribution < 1.29 is 4.11 Å². The highest BCUT2D eigenvalue weighted by Crippen LogP contribution is 2.50. The summed E-state index contributed by atoms with van der Waals surface area (Å²) in [6.07, 6.45) is 0.708. The number of hydrogen-bond donors (Lipinski definition) is 0. The van der Waals surface area contributed by atoms with Gasteiger partial charge in [0, 0.05) is 16.1 Å². The van der Waals surface area contributed by atoms with E-state index in [2.05, 4.69) is 128 Å². The summed E-state index contributed by atoms with van der Waals surface area (Å²) in [6, 6.07) is 49.6. The number of hydrogen-bond acceptors (Lipinski definition) is 1. The van der Waals surface area contributed by atoms with Crippen molar-refractivity contribution in [1.29, 1.82) is 0 Å². The van der Waals surface area contributed by atoms with E-state index in [1.54, 1.807) is 0 Å². The van der Waals surface area contributed by atoms with E-state index in [-0.39, 0.29) is 11.2 Å². The van der Waals surface area contributed by atoms with Crippen LogP contribution >= 0.6 is 0 Å². The average molecular weight is 608 g/mol. The highest BCUT2D eigenvalue weighted by atomic mass is 15.1. The first-order valence-corrected chi connectivity index (χ1v) is 16.4. The number of benzene rings is 7. The molecule has 8 aromatic rings. The van der Waals surface area contributed by atoms with Gasteiger partial charge in [0.2, 0.25) is 0 Å². The first-order chi connectivity index (χ1) is 24.2. The van der Waals surface area contributed by atoms with Crippen molar-refractivity contribution in [3.05, 3.63) is 173 Å². The number of imidazole rings is 1. The van der Waals surface area contributed by atoms with E-state index in [0.717, 1.165) is 11.1 Å². The first kappa shape index (κ1) is 24.7. The zero-order valence-corrected chi connectivity index (χ0v) is 26.6. The fraction of sp³-hybridized carbons (Fsp3) is 0.133. The lowest BCUT2D eigenvalue weighted by Gasteiger charge is -2.23. The van der Waals surface area contributed by atoms with Crippen LogP contribution in [-0.2, 0) is 18.4 Å². The summed E-state index contributed by atoms with van der Waals surface area (Å²) in [6.45, 7) is 2.77. The van der Waals surface area contributed by atoms with Gasteiger partial charge in [-0.15, -0.1) is 0 Å². The van der Waals surface area contributed by atoms with Gasteiger partial charge in [-0.1, -0.05) is 135 Å². The maximum Gasteiger partial charge on any atom is 0.107 e. The predicted octanol–water partition coefficient (Wildman–Crippen LogP) is 11.3. The second-order valence-corrected chi connectivity index (χ2v) is 13.3. The molecule has 0 aliphatic heterocycles. The minimum Gasteiger partial charge on any atom is -0.324 e. The molecule has 0 bridgehead atoms. The van der Waals surface area contributed by atoms with Crippen LogP contribution in [0.2, 0.25) is 0 Å². The third kappa shape index (κ3) is 4.28. The molecular formula is C45H36N2. The minimum absolute atomic E-state index is 0.0861. The molecule has 0 unspecified atom stereocenters. The summed E-state index contributed by atoms with van der Waals surface area (Å²) < 4.78 is 26.7. The van der Waals surface area contributed by atoms with Gasteiger partial charge in [-0.2, -0.15) is 0 Å². The zero-order valence-electron chi connectivity index (χ0n) is 29.6. The summed E-state index contributed by atoms with van der Waals surface area (Å²) in [4.78, 5) is 4.56. The van der Waals surface area contributed by atoms with E-state index in [1.165, 1.54) is 66.1 Å². The summed E-state index contributed by atoms with van der Waals surface area (Å²) in [5.74, 6) is 0.120. The molecule has 1 aromatic heterocycles. The maximum atomic E-state index is 8.26. The smallest absolute Gasteiger partial charge is 0.107 e. The van der Waals surface area contributed by atoms with Gasteiger partial charge in [0.05, 0.1) is 11.0 Å². The van der Waals surface area contributed by atoms with Crippen molar-refractivity contribution in [2.45, 2.75) is 39.1 Å². The summed E-state index contributed by atoms with van der Waals surface area (Å²) in [7, 11) is 0. The van der Waals surface area contributed by atoms with Crippen LogP contribution in [0.1, 0.15) is 51.6 Å². The van der Waals surface area contributed by atoms with Crippen LogP contribution in [0.3, 0.4) is 0 Å². The second kappa shape index (κ2) is 10.5. The topological polar surface area (TPSA) is 17.8 Å². The second-order valence-electron chi connectivity index (χ2n) is 13.3. The molecule has 0 spiro atoms. The molecule has 1 heterocycles. The molecule has 0 saturated carbocycles. The molecule has 226 valence electrons. The van der Waals surface area contributed by atoms with Crippen LogP contribution in [0.5, 0.6) is 0 Å². The van der Waals surface area contributed by atoms with Gasteiger partial charge < -0.3 is 4.57 Å². The molecule has 9 rings (SSSR count). The standard InChI is InChI=1S/C45H36N2/c1-29-46-42-22-12-13-23-43(42)47(29)28-32-15-5-4-14-30(32)26-39-33-16-6-8-19-37(33)44(38-20-9-7-17-34(38)39)31-24-25-36-35-18-10-11-21-40(35)45(2,3)41(36)27-31/h4-25,27H,26,28H2,1-3H3/i1D3. The van der Waals surface area contributed by atoms with Crippen molar-refractivity contribution in [2.24, 2.45) is 0 Å². The van der Waals surface area contributed by atoms with E-state index in [9.17, 15) is 0 Å². The van der Waals surface area contributed by atoms with Crippen LogP contribution < -0.4 is 0 Å².